The molecule has 0 N–H and O–H groups in total. The standard InChI is InChI=1S/C14H19NO3/c1-11-9-12(3-4-13(11)17-2)10-14(16)15-5-7-18-8-6-15/h3-4,9H,5-8,10H2,1-2H3. The Bertz CT molecular complexity index is 425. The highest BCUT2D eigenvalue weighted by atomic mass is 16.5. The molecule has 0 aromatic heterocycles. The number of hydrogen-bond acceptors (Lipinski definition) is 3. The van der Waals surface area contributed by atoms with E-state index in [4.69, 9.17) is 9.47 Å². The highest BCUT2D eigenvalue weighted by molar-refractivity contribution is 5.79. The van der Waals surface area contributed by atoms with Gasteiger partial charge in [0.05, 0.1) is 26.7 Å². The largest absolute Gasteiger partial charge is 0.496 e. The summed E-state index contributed by atoms with van der Waals surface area (Å²) in [6.07, 6.45) is 0.449. The molecule has 0 atom stereocenters. The van der Waals surface area contributed by atoms with Crippen LogP contribution in [0, 0.1) is 6.92 Å². The molecule has 4 nitrogen and oxygen atoms in total. The first kappa shape index (κ1) is 12.9. The van der Waals surface area contributed by atoms with Gasteiger partial charge in [0.25, 0.3) is 0 Å². The number of hydrogen-bond donors (Lipinski definition) is 0. The van der Waals surface area contributed by atoms with Crippen LogP contribution in [-0.4, -0.2) is 44.2 Å². The van der Waals surface area contributed by atoms with Crippen molar-refractivity contribution >= 4 is 5.91 Å². The molecule has 4 heteroatoms. The summed E-state index contributed by atoms with van der Waals surface area (Å²) in [6, 6.07) is 5.87. The Morgan fingerprint density at radius 1 is 1.39 bits per heavy atom. The smallest absolute Gasteiger partial charge is 0.227 e. The number of rotatable bonds is 3. The number of benzene rings is 1. The van der Waals surface area contributed by atoms with E-state index in [1.165, 1.54) is 0 Å². The van der Waals surface area contributed by atoms with E-state index in [1.54, 1.807) is 7.11 Å². The molecule has 0 radical (unpaired) electrons. The predicted octanol–water partition coefficient (Wildman–Crippen LogP) is 1.40. The van der Waals surface area contributed by atoms with Gasteiger partial charge in [-0.1, -0.05) is 12.1 Å². The van der Waals surface area contributed by atoms with Crippen LogP contribution in [0.1, 0.15) is 11.1 Å². The van der Waals surface area contributed by atoms with Gasteiger partial charge in [-0.2, -0.15) is 0 Å². The highest BCUT2D eigenvalue weighted by Crippen LogP contribution is 2.19. The Morgan fingerprint density at radius 2 is 2.11 bits per heavy atom. The summed E-state index contributed by atoms with van der Waals surface area (Å²) >= 11 is 0. The van der Waals surface area contributed by atoms with Gasteiger partial charge in [-0.05, 0) is 24.1 Å². The third-order valence-corrected chi connectivity index (χ3v) is 3.18. The first-order chi connectivity index (χ1) is 8.70. The van der Waals surface area contributed by atoms with Gasteiger partial charge in [-0.15, -0.1) is 0 Å². The molecule has 1 saturated heterocycles. The topological polar surface area (TPSA) is 38.8 Å². The van der Waals surface area contributed by atoms with Gasteiger partial charge in [0.2, 0.25) is 5.91 Å². The molecule has 1 aliphatic rings. The van der Waals surface area contributed by atoms with E-state index < -0.39 is 0 Å². The molecule has 18 heavy (non-hydrogen) atoms. The van der Waals surface area contributed by atoms with Crippen molar-refractivity contribution < 1.29 is 14.3 Å². The van der Waals surface area contributed by atoms with Crippen LogP contribution in [0.25, 0.3) is 0 Å². The number of ether oxygens (including phenoxy) is 2. The van der Waals surface area contributed by atoms with Gasteiger partial charge >= 0.3 is 0 Å². The molecule has 2 rings (SSSR count). The van der Waals surface area contributed by atoms with Crippen molar-refractivity contribution in [2.75, 3.05) is 33.4 Å². The van der Waals surface area contributed by atoms with E-state index in [1.807, 2.05) is 30.0 Å². The molecular weight excluding hydrogens is 230 g/mol. The van der Waals surface area contributed by atoms with Crippen molar-refractivity contribution in [3.63, 3.8) is 0 Å². The zero-order valence-corrected chi connectivity index (χ0v) is 10.9. The van der Waals surface area contributed by atoms with E-state index >= 15 is 0 Å². The molecule has 0 unspecified atom stereocenters. The van der Waals surface area contributed by atoms with Crippen LogP contribution in [0.2, 0.25) is 0 Å². The van der Waals surface area contributed by atoms with Crippen molar-refractivity contribution in [3.05, 3.63) is 29.3 Å². The summed E-state index contributed by atoms with van der Waals surface area (Å²) in [7, 11) is 1.65. The molecule has 1 aliphatic heterocycles. The molecule has 0 saturated carbocycles. The number of nitrogens with zero attached hydrogens (tertiary/aromatic N) is 1. The van der Waals surface area contributed by atoms with Crippen LogP contribution >= 0.6 is 0 Å². The van der Waals surface area contributed by atoms with Crippen molar-refractivity contribution in [1.29, 1.82) is 0 Å². The number of aryl methyl sites for hydroxylation is 1. The van der Waals surface area contributed by atoms with E-state index in [0.717, 1.165) is 16.9 Å². The van der Waals surface area contributed by atoms with Gasteiger partial charge in [-0.25, -0.2) is 0 Å². The summed E-state index contributed by atoms with van der Waals surface area (Å²) in [5.41, 5.74) is 2.09. The molecule has 98 valence electrons. The molecular formula is C14H19NO3. The van der Waals surface area contributed by atoms with E-state index in [-0.39, 0.29) is 5.91 Å². The van der Waals surface area contributed by atoms with E-state index in [0.29, 0.717) is 32.7 Å². The maximum atomic E-state index is 12.1. The van der Waals surface area contributed by atoms with Gasteiger partial charge in [0.1, 0.15) is 5.75 Å². The van der Waals surface area contributed by atoms with Crippen molar-refractivity contribution in [2.45, 2.75) is 13.3 Å². The molecule has 0 aliphatic carbocycles. The second kappa shape index (κ2) is 5.87. The van der Waals surface area contributed by atoms with Crippen LogP contribution in [-0.2, 0) is 16.0 Å². The van der Waals surface area contributed by atoms with Crippen molar-refractivity contribution in [1.82, 2.24) is 4.90 Å². The lowest BCUT2D eigenvalue weighted by atomic mass is 10.1. The van der Waals surface area contributed by atoms with Gasteiger partial charge in [0.15, 0.2) is 0 Å². The van der Waals surface area contributed by atoms with Crippen LogP contribution in [0.15, 0.2) is 18.2 Å². The molecule has 1 aromatic carbocycles. The minimum atomic E-state index is 0.169. The van der Waals surface area contributed by atoms with E-state index in [2.05, 4.69) is 0 Å². The van der Waals surface area contributed by atoms with Crippen molar-refractivity contribution in [3.8, 4) is 5.75 Å². The molecule has 1 fully saturated rings. The Kier molecular flexibility index (Phi) is 4.20. The quantitative estimate of drug-likeness (QED) is 0.813. The fourth-order valence-corrected chi connectivity index (χ4v) is 2.15. The predicted molar refractivity (Wildman–Crippen MR) is 68.8 cm³/mol. The average Bonchev–Trinajstić information content (AvgIpc) is 2.40. The zero-order chi connectivity index (χ0) is 13.0. The molecule has 1 amide bonds. The van der Waals surface area contributed by atoms with Gasteiger partial charge in [-0.3, -0.25) is 4.79 Å². The number of methoxy groups -OCH3 is 1. The summed E-state index contributed by atoms with van der Waals surface area (Å²) < 4.78 is 10.4. The summed E-state index contributed by atoms with van der Waals surface area (Å²) in [6.45, 7) is 4.68. The zero-order valence-electron chi connectivity index (χ0n) is 10.9. The number of carbonyl (C=O) groups excluding carboxylic acids is 1. The monoisotopic (exact) mass is 249 g/mol. The van der Waals surface area contributed by atoms with Crippen LogP contribution in [0.5, 0.6) is 5.75 Å². The van der Waals surface area contributed by atoms with Gasteiger partial charge < -0.3 is 14.4 Å². The summed E-state index contributed by atoms with van der Waals surface area (Å²) in [5.74, 6) is 1.03. The normalized spacial score (nSPS) is 15.6. The minimum absolute atomic E-state index is 0.169. The van der Waals surface area contributed by atoms with Crippen molar-refractivity contribution in [2.24, 2.45) is 0 Å². The Labute approximate surface area is 107 Å². The Morgan fingerprint density at radius 3 is 2.72 bits per heavy atom. The average molecular weight is 249 g/mol. The Balaban J connectivity index is 2.00. The fraction of sp³-hybridized carbons (Fsp3) is 0.500. The summed E-state index contributed by atoms with van der Waals surface area (Å²) in [4.78, 5) is 13.9. The lowest BCUT2D eigenvalue weighted by Crippen LogP contribution is -2.41. The number of amides is 1. The SMILES string of the molecule is COc1ccc(CC(=O)N2CCOCC2)cc1C. The Hall–Kier alpha value is -1.55. The van der Waals surface area contributed by atoms with Crippen LogP contribution in [0.3, 0.4) is 0 Å². The van der Waals surface area contributed by atoms with E-state index in [9.17, 15) is 4.79 Å². The lowest BCUT2D eigenvalue weighted by Gasteiger charge is -2.27. The van der Waals surface area contributed by atoms with Crippen LogP contribution in [0.4, 0.5) is 0 Å². The first-order valence-corrected chi connectivity index (χ1v) is 6.20. The molecule has 1 heterocycles. The van der Waals surface area contributed by atoms with Crippen LogP contribution < -0.4 is 4.74 Å². The second-order valence-electron chi connectivity index (χ2n) is 4.47. The fourth-order valence-electron chi connectivity index (χ4n) is 2.15. The molecule has 0 bridgehead atoms. The third-order valence-electron chi connectivity index (χ3n) is 3.18. The molecule has 0 spiro atoms. The number of morpholine rings is 1. The highest BCUT2D eigenvalue weighted by Gasteiger charge is 2.17. The third kappa shape index (κ3) is 3.01. The molecule has 1 aromatic rings. The maximum absolute atomic E-state index is 12.1. The second-order valence-corrected chi connectivity index (χ2v) is 4.47. The number of carbonyl (C=O) groups is 1. The maximum Gasteiger partial charge on any atom is 0.227 e. The summed E-state index contributed by atoms with van der Waals surface area (Å²) in [5, 5.41) is 0. The minimum Gasteiger partial charge on any atom is -0.496 e. The first-order valence-electron chi connectivity index (χ1n) is 6.20. The van der Waals surface area contributed by atoms with Gasteiger partial charge in [0, 0.05) is 13.1 Å². The lowest BCUT2D eigenvalue weighted by molar-refractivity contribution is -0.134.